The molecule has 0 aliphatic heterocycles. The van der Waals surface area contributed by atoms with Gasteiger partial charge < -0.3 is 0 Å². The van der Waals surface area contributed by atoms with Crippen LogP contribution in [0.15, 0.2) is 22.8 Å². The zero-order valence-electron chi connectivity index (χ0n) is 8.63. The van der Waals surface area contributed by atoms with Gasteiger partial charge in [-0.05, 0) is 66.1 Å². The van der Waals surface area contributed by atoms with Crippen LogP contribution in [0.3, 0.4) is 0 Å². The third-order valence-electron chi connectivity index (χ3n) is 2.83. The molecule has 82 valence electrons. The van der Waals surface area contributed by atoms with Crippen molar-refractivity contribution in [3.63, 3.8) is 0 Å². The largest absolute Gasteiger partial charge is 0.260 e. The number of pyridine rings is 1. The zero-order valence-corrected chi connectivity index (χ0v) is 11.8. The first-order chi connectivity index (χ1) is 7.25. The molecule has 1 aliphatic rings. The SMILES string of the molecule is Brc1ccc(CCCC(Br)C2CC2)nc1. The monoisotopic (exact) mass is 331 g/mol. The molecule has 0 bridgehead atoms. The van der Waals surface area contributed by atoms with E-state index in [0.717, 1.165) is 21.6 Å². The van der Waals surface area contributed by atoms with E-state index in [1.165, 1.54) is 31.4 Å². The van der Waals surface area contributed by atoms with Gasteiger partial charge in [0.1, 0.15) is 0 Å². The molecule has 1 aliphatic carbocycles. The fourth-order valence-electron chi connectivity index (χ4n) is 1.73. The Labute approximate surface area is 108 Å². The fourth-order valence-corrected chi connectivity index (χ4v) is 2.81. The molecule has 1 saturated carbocycles. The summed E-state index contributed by atoms with van der Waals surface area (Å²) < 4.78 is 1.06. The molecule has 1 nitrogen and oxygen atoms in total. The van der Waals surface area contributed by atoms with Gasteiger partial charge in [0, 0.05) is 21.2 Å². The second kappa shape index (κ2) is 5.44. The minimum absolute atomic E-state index is 0.743. The Kier molecular flexibility index (Phi) is 4.21. The van der Waals surface area contributed by atoms with Crippen molar-refractivity contribution in [1.29, 1.82) is 0 Å². The van der Waals surface area contributed by atoms with Crippen LogP contribution >= 0.6 is 31.9 Å². The number of hydrogen-bond acceptors (Lipinski definition) is 1. The molecular weight excluding hydrogens is 318 g/mol. The molecule has 15 heavy (non-hydrogen) atoms. The summed E-state index contributed by atoms with van der Waals surface area (Å²) in [6, 6.07) is 4.17. The van der Waals surface area contributed by atoms with Gasteiger partial charge in [-0.2, -0.15) is 0 Å². The van der Waals surface area contributed by atoms with E-state index in [0.29, 0.717) is 0 Å². The van der Waals surface area contributed by atoms with Gasteiger partial charge in [-0.15, -0.1) is 0 Å². The maximum Gasteiger partial charge on any atom is 0.0413 e. The Bertz CT molecular complexity index is 306. The van der Waals surface area contributed by atoms with Gasteiger partial charge in [0.15, 0.2) is 0 Å². The fraction of sp³-hybridized carbons (Fsp3) is 0.583. The summed E-state index contributed by atoms with van der Waals surface area (Å²) in [5.41, 5.74) is 1.20. The number of nitrogens with zero attached hydrogens (tertiary/aromatic N) is 1. The van der Waals surface area contributed by atoms with Gasteiger partial charge in [0.2, 0.25) is 0 Å². The lowest BCUT2D eigenvalue weighted by atomic mass is 10.1. The van der Waals surface area contributed by atoms with Crippen LogP contribution in [0.2, 0.25) is 0 Å². The predicted molar refractivity (Wildman–Crippen MR) is 70.3 cm³/mol. The van der Waals surface area contributed by atoms with Gasteiger partial charge in [-0.25, -0.2) is 0 Å². The normalized spacial score (nSPS) is 17.7. The highest BCUT2D eigenvalue weighted by molar-refractivity contribution is 9.10. The van der Waals surface area contributed by atoms with Crippen LogP contribution in [0, 0.1) is 5.92 Å². The van der Waals surface area contributed by atoms with Crippen LogP contribution in [-0.4, -0.2) is 9.81 Å². The Morgan fingerprint density at radius 2 is 2.20 bits per heavy atom. The topological polar surface area (TPSA) is 12.9 Å². The van der Waals surface area contributed by atoms with Gasteiger partial charge in [-0.1, -0.05) is 15.9 Å². The average molecular weight is 333 g/mol. The third kappa shape index (κ3) is 3.87. The first kappa shape index (κ1) is 11.6. The van der Waals surface area contributed by atoms with E-state index < -0.39 is 0 Å². The van der Waals surface area contributed by atoms with E-state index in [-0.39, 0.29) is 0 Å². The molecule has 0 saturated heterocycles. The molecule has 0 aromatic carbocycles. The summed E-state index contributed by atoms with van der Waals surface area (Å²) in [5.74, 6) is 0.961. The number of rotatable bonds is 5. The predicted octanol–water partition coefficient (Wildman–Crippen LogP) is 4.34. The van der Waals surface area contributed by atoms with Crippen molar-refractivity contribution >= 4 is 31.9 Å². The van der Waals surface area contributed by atoms with E-state index in [4.69, 9.17) is 0 Å². The number of alkyl halides is 1. The Morgan fingerprint density at radius 1 is 1.40 bits per heavy atom. The van der Waals surface area contributed by atoms with Crippen LogP contribution < -0.4 is 0 Å². The maximum absolute atomic E-state index is 4.37. The minimum atomic E-state index is 0.743. The van der Waals surface area contributed by atoms with Crippen molar-refractivity contribution in [2.24, 2.45) is 5.92 Å². The Balaban J connectivity index is 1.70. The molecule has 3 heteroatoms. The maximum atomic E-state index is 4.37. The highest BCUT2D eigenvalue weighted by Gasteiger charge is 2.28. The standard InChI is InChI=1S/C12H15Br2N/c13-10-6-7-11(15-8-10)2-1-3-12(14)9-4-5-9/h6-9,12H,1-5H2. The van der Waals surface area contributed by atoms with Crippen molar-refractivity contribution in [1.82, 2.24) is 4.98 Å². The van der Waals surface area contributed by atoms with E-state index in [9.17, 15) is 0 Å². The minimum Gasteiger partial charge on any atom is -0.260 e. The molecule has 1 aromatic rings. The van der Waals surface area contributed by atoms with Crippen molar-refractivity contribution in [2.45, 2.75) is 36.9 Å². The second-order valence-electron chi connectivity index (χ2n) is 4.21. The molecule has 0 N–H and O–H groups in total. The van der Waals surface area contributed by atoms with Crippen molar-refractivity contribution in [3.8, 4) is 0 Å². The van der Waals surface area contributed by atoms with Crippen molar-refractivity contribution < 1.29 is 0 Å². The molecular formula is C12H15Br2N. The lowest BCUT2D eigenvalue weighted by Gasteiger charge is -2.07. The Morgan fingerprint density at radius 3 is 2.80 bits per heavy atom. The number of aromatic nitrogens is 1. The second-order valence-corrected chi connectivity index (χ2v) is 6.31. The van der Waals surface area contributed by atoms with Crippen LogP contribution in [0.25, 0.3) is 0 Å². The summed E-state index contributed by atoms with van der Waals surface area (Å²) in [7, 11) is 0. The molecule has 0 spiro atoms. The van der Waals surface area contributed by atoms with Crippen LogP contribution in [0.4, 0.5) is 0 Å². The summed E-state index contributed by atoms with van der Waals surface area (Å²) in [5, 5.41) is 0. The zero-order chi connectivity index (χ0) is 10.7. The lowest BCUT2D eigenvalue weighted by Crippen LogP contribution is -2.01. The van der Waals surface area contributed by atoms with Gasteiger partial charge in [0.05, 0.1) is 0 Å². The average Bonchev–Trinajstić information content (AvgIpc) is 3.04. The smallest absolute Gasteiger partial charge is 0.0413 e. The summed E-state index contributed by atoms with van der Waals surface area (Å²) in [4.78, 5) is 5.12. The molecule has 2 rings (SSSR count). The molecule has 1 fully saturated rings. The molecule has 0 radical (unpaired) electrons. The number of hydrogen-bond donors (Lipinski definition) is 0. The highest BCUT2D eigenvalue weighted by Crippen LogP contribution is 2.38. The van der Waals surface area contributed by atoms with E-state index in [2.05, 4.69) is 49.0 Å². The number of aryl methyl sites for hydroxylation is 1. The molecule has 0 amide bonds. The quantitative estimate of drug-likeness (QED) is 0.731. The van der Waals surface area contributed by atoms with Crippen molar-refractivity contribution in [3.05, 3.63) is 28.5 Å². The number of halogens is 2. The Hall–Kier alpha value is 0.110. The van der Waals surface area contributed by atoms with Gasteiger partial charge in [0.25, 0.3) is 0 Å². The molecule has 1 heterocycles. The van der Waals surface area contributed by atoms with E-state index in [1.54, 1.807) is 0 Å². The lowest BCUT2D eigenvalue weighted by molar-refractivity contribution is 0.648. The van der Waals surface area contributed by atoms with E-state index in [1.807, 2.05) is 6.20 Å². The summed E-state index contributed by atoms with van der Waals surface area (Å²) in [6.45, 7) is 0. The molecule has 1 atom stereocenters. The first-order valence-corrected chi connectivity index (χ1v) is 7.21. The summed E-state index contributed by atoms with van der Waals surface area (Å²) in [6.07, 6.45) is 8.34. The van der Waals surface area contributed by atoms with Gasteiger partial charge >= 0.3 is 0 Å². The van der Waals surface area contributed by atoms with E-state index >= 15 is 0 Å². The summed E-state index contributed by atoms with van der Waals surface area (Å²) >= 11 is 7.16. The van der Waals surface area contributed by atoms with Gasteiger partial charge in [-0.3, -0.25) is 4.98 Å². The molecule has 1 unspecified atom stereocenters. The highest BCUT2D eigenvalue weighted by atomic mass is 79.9. The first-order valence-electron chi connectivity index (χ1n) is 5.50. The van der Waals surface area contributed by atoms with Crippen LogP contribution in [-0.2, 0) is 6.42 Å². The molecule has 1 aromatic heterocycles. The van der Waals surface area contributed by atoms with Crippen LogP contribution in [0.1, 0.15) is 31.4 Å². The van der Waals surface area contributed by atoms with Crippen molar-refractivity contribution in [2.75, 3.05) is 0 Å². The third-order valence-corrected chi connectivity index (χ3v) is 4.51. The van der Waals surface area contributed by atoms with Crippen LogP contribution in [0.5, 0.6) is 0 Å².